The minimum Gasteiger partial charge on any atom is -0.389 e. The third-order valence-electron chi connectivity index (χ3n) is 2.09. The molecule has 0 aliphatic carbocycles. The number of rotatable bonds is 8. The summed E-state index contributed by atoms with van der Waals surface area (Å²) in [6, 6.07) is 0. The average Bonchev–Trinajstić information content (AvgIpc) is 2.01. The van der Waals surface area contributed by atoms with Crippen LogP contribution < -0.4 is 5.32 Å². The molecule has 0 saturated heterocycles. The Labute approximate surface area is 93.6 Å². The summed E-state index contributed by atoms with van der Waals surface area (Å²) in [6.07, 6.45) is -0.412. The van der Waals surface area contributed by atoms with Gasteiger partial charge in [-0.1, -0.05) is 13.8 Å². The standard InChI is InChI=1S/C11H26N2O2/c1-11(2,9-13(3)4)8-12-6-10(14)7-15-5/h10,12,14H,6-9H2,1-5H3. The predicted octanol–water partition coefficient (Wildman–Crippen LogP) is 0.171. The van der Waals surface area contributed by atoms with Crippen molar-refractivity contribution in [2.45, 2.75) is 20.0 Å². The largest absolute Gasteiger partial charge is 0.389 e. The second-order valence-electron chi connectivity index (χ2n) is 5.14. The lowest BCUT2D eigenvalue weighted by molar-refractivity contribution is 0.0624. The lowest BCUT2D eigenvalue weighted by Gasteiger charge is -2.29. The Morgan fingerprint density at radius 1 is 1.40 bits per heavy atom. The summed E-state index contributed by atoms with van der Waals surface area (Å²) in [5, 5.41) is 12.7. The van der Waals surface area contributed by atoms with Crippen LogP contribution in [-0.4, -0.2) is 63.6 Å². The lowest BCUT2D eigenvalue weighted by atomic mass is 9.93. The first kappa shape index (κ1) is 14.8. The highest BCUT2D eigenvalue weighted by Crippen LogP contribution is 2.13. The third kappa shape index (κ3) is 8.81. The zero-order valence-corrected chi connectivity index (χ0v) is 10.7. The summed E-state index contributed by atoms with van der Waals surface area (Å²) in [5.74, 6) is 0. The van der Waals surface area contributed by atoms with Crippen molar-refractivity contribution >= 4 is 0 Å². The first-order chi connectivity index (χ1) is 6.87. The lowest BCUT2D eigenvalue weighted by Crippen LogP contribution is -2.40. The molecule has 0 aromatic carbocycles. The first-order valence-corrected chi connectivity index (χ1v) is 5.40. The second kappa shape index (κ2) is 7.17. The Kier molecular flexibility index (Phi) is 7.09. The van der Waals surface area contributed by atoms with Crippen LogP contribution in [0.1, 0.15) is 13.8 Å². The maximum atomic E-state index is 9.43. The van der Waals surface area contributed by atoms with E-state index in [9.17, 15) is 5.11 Å². The monoisotopic (exact) mass is 218 g/mol. The van der Waals surface area contributed by atoms with E-state index in [1.807, 2.05) is 0 Å². The molecule has 4 heteroatoms. The zero-order valence-electron chi connectivity index (χ0n) is 10.7. The third-order valence-corrected chi connectivity index (χ3v) is 2.09. The van der Waals surface area contributed by atoms with Crippen molar-refractivity contribution in [1.29, 1.82) is 0 Å². The normalized spacial score (nSPS) is 14.6. The minimum atomic E-state index is -0.412. The van der Waals surface area contributed by atoms with Gasteiger partial charge in [0.25, 0.3) is 0 Å². The van der Waals surface area contributed by atoms with E-state index >= 15 is 0 Å². The molecule has 2 N–H and O–H groups in total. The molecule has 0 fully saturated rings. The molecule has 0 saturated carbocycles. The summed E-state index contributed by atoms with van der Waals surface area (Å²) in [4.78, 5) is 2.17. The van der Waals surface area contributed by atoms with Gasteiger partial charge in [-0.15, -0.1) is 0 Å². The number of aliphatic hydroxyl groups excluding tert-OH is 1. The van der Waals surface area contributed by atoms with Crippen molar-refractivity contribution in [3.63, 3.8) is 0 Å². The van der Waals surface area contributed by atoms with Gasteiger partial charge >= 0.3 is 0 Å². The van der Waals surface area contributed by atoms with Crippen LogP contribution >= 0.6 is 0 Å². The van der Waals surface area contributed by atoms with Crippen LogP contribution in [0.4, 0.5) is 0 Å². The maximum Gasteiger partial charge on any atom is 0.0897 e. The van der Waals surface area contributed by atoms with Crippen LogP contribution in [0.3, 0.4) is 0 Å². The van der Waals surface area contributed by atoms with Gasteiger partial charge in [-0.05, 0) is 19.5 Å². The van der Waals surface area contributed by atoms with Crippen LogP contribution in [-0.2, 0) is 4.74 Å². The molecule has 0 rings (SSSR count). The average molecular weight is 218 g/mol. The number of methoxy groups -OCH3 is 1. The molecular weight excluding hydrogens is 192 g/mol. The molecule has 0 heterocycles. The van der Waals surface area contributed by atoms with Crippen molar-refractivity contribution < 1.29 is 9.84 Å². The number of nitrogens with zero attached hydrogens (tertiary/aromatic N) is 1. The number of aliphatic hydroxyl groups is 1. The molecule has 0 spiro atoms. The highest BCUT2D eigenvalue weighted by Gasteiger charge is 2.18. The van der Waals surface area contributed by atoms with Crippen molar-refractivity contribution in [1.82, 2.24) is 10.2 Å². The van der Waals surface area contributed by atoms with Crippen molar-refractivity contribution in [3.05, 3.63) is 0 Å². The summed E-state index contributed by atoms with van der Waals surface area (Å²) >= 11 is 0. The van der Waals surface area contributed by atoms with Crippen LogP contribution in [0.5, 0.6) is 0 Å². The van der Waals surface area contributed by atoms with Gasteiger partial charge < -0.3 is 20.1 Å². The van der Waals surface area contributed by atoms with E-state index in [4.69, 9.17) is 4.74 Å². The molecular formula is C11H26N2O2. The molecule has 0 bridgehead atoms. The fourth-order valence-corrected chi connectivity index (χ4v) is 1.74. The van der Waals surface area contributed by atoms with E-state index in [0.717, 1.165) is 13.1 Å². The molecule has 0 aromatic rings. The maximum absolute atomic E-state index is 9.43. The molecule has 0 radical (unpaired) electrons. The number of hydrogen-bond acceptors (Lipinski definition) is 4. The number of hydrogen-bond donors (Lipinski definition) is 2. The van der Waals surface area contributed by atoms with E-state index in [-0.39, 0.29) is 5.41 Å². The summed E-state index contributed by atoms with van der Waals surface area (Å²) in [6.45, 7) is 7.32. The van der Waals surface area contributed by atoms with E-state index in [2.05, 4.69) is 38.2 Å². The van der Waals surface area contributed by atoms with E-state index < -0.39 is 6.10 Å². The zero-order chi connectivity index (χ0) is 11.9. The molecule has 0 aliphatic rings. The molecule has 4 nitrogen and oxygen atoms in total. The highest BCUT2D eigenvalue weighted by molar-refractivity contribution is 4.74. The van der Waals surface area contributed by atoms with Gasteiger partial charge in [0.05, 0.1) is 12.7 Å². The Balaban J connectivity index is 3.65. The van der Waals surface area contributed by atoms with Gasteiger partial charge in [0.2, 0.25) is 0 Å². The van der Waals surface area contributed by atoms with Crippen molar-refractivity contribution in [3.8, 4) is 0 Å². The summed E-state index contributed by atoms with van der Waals surface area (Å²) in [7, 11) is 5.74. The summed E-state index contributed by atoms with van der Waals surface area (Å²) < 4.78 is 4.85. The Bertz CT molecular complexity index is 161. The van der Waals surface area contributed by atoms with Crippen molar-refractivity contribution in [2.24, 2.45) is 5.41 Å². The molecule has 15 heavy (non-hydrogen) atoms. The molecule has 0 aliphatic heterocycles. The van der Waals surface area contributed by atoms with Gasteiger partial charge in [0.15, 0.2) is 0 Å². The molecule has 92 valence electrons. The smallest absolute Gasteiger partial charge is 0.0897 e. The van der Waals surface area contributed by atoms with Gasteiger partial charge in [-0.3, -0.25) is 0 Å². The second-order valence-corrected chi connectivity index (χ2v) is 5.14. The van der Waals surface area contributed by atoms with Crippen LogP contribution in [0.15, 0.2) is 0 Å². The van der Waals surface area contributed by atoms with Crippen molar-refractivity contribution in [2.75, 3.05) is 47.4 Å². The highest BCUT2D eigenvalue weighted by atomic mass is 16.5. The van der Waals surface area contributed by atoms with Crippen LogP contribution in [0.25, 0.3) is 0 Å². The fourth-order valence-electron chi connectivity index (χ4n) is 1.74. The SMILES string of the molecule is COCC(O)CNCC(C)(C)CN(C)C. The molecule has 1 unspecified atom stereocenters. The molecule has 0 aromatic heterocycles. The Hall–Kier alpha value is -0.160. The quantitative estimate of drug-likeness (QED) is 0.610. The Morgan fingerprint density at radius 2 is 2.00 bits per heavy atom. The van der Waals surface area contributed by atoms with Gasteiger partial charge in [-0.2, -0.15) is 0 Å². The van der Waals surface area contributed by atoms with E-state index in [1.165, 1.54) is 0 Å². The summed E-state index contributed by atoms with van der Waals surface area (Å²) in [5.41, 5.74) is 0.219. The predicted molar refractivity (Wildman–Crippen MR) is 63.1 cm³/mol. The topological polar surface area (TPSA) is 44.7 Å². The number of ether oxygens (including phenoxy) is 1. The Morgan fingerprint density at radius 3 is 2.47 bits per heavy atom. The molecule has 0 amide bonds. The first-order valence-electron chi connectivity index (χ1n) is 5.40. The van der Waals surface area contributed by atoms with Gasteiger partial charge in [0.1, 0.15) is 0 Å². The fraction of sp³-hybridized carbons (Fsp3) is 1.00. The van der Waals surface area contributed by atoms with Gasteiger partial charge in [0, 0.05) is 26.7 Å². The minimum absolute atomic E-state index is 0.219. The molecule has 1 atom stereocenters. The van der Waals surface area contributed by atoms with Crippen LogP contribution in [0.2, 0.25) is 0 Å². The van der Waals surface area contributed by atoms with E-state index in [1.54, 1.807) is 7.11 Å². The van der Waals surface area contributed by atoms with Crippen LogP contribution in [0, 0.1) is 5.41 Å². The number of nitrogens with one attached hydrogen (secondary N) is 1. The van der Waals surface area contributed by atoms with Gasteiger partial charge in [-0.25, -0.2) is 0 Å². The van der Waals surface area contributed by atoms with E-state index in [0.29, 0.717) is 13.2 Å².